The second kappa shape index (κ2) is 3.81. The van der Waals surface area contributed by atoms with E-state index in [1.165, 1.54) is 0 Å². The van der Waals surface area contributed by atoms with Gasteiger partial charge in [-0.05, 0) is 37.6 Å². The van der Waals surface area contributed by atoms with Gasteiger partial charge in [0, 0.05) is 17.5 Å². The van der Waals surface area contributed by atoms with E-state index in [1.54, 1.807) is 6.92 Å². The third kappa shape index (κ3) is 2.21. The van der Waals surface area contributed by atoms with Crippen molar-refractivity contribution in [2.45, 2.75) is 13.3 Å². The number of hydrogen-bond acceptors (Lipinski definition) is 2. The van der Waals surface area contributed by atoms with E-state index in [0.29, 0.717) is 6.42 Å². The minimum atomic E-state index is 0.177. The lowest BCUT2D eigenvalue weighted by atomic mass is 10.1. The second-order valence-corrected chi connectivity index (χ2v) is 3.71. The molecule has 0 bridgehead atoms. The van der Waals surface area contributed by atoms with Gasteiger partial charge in [-0.15, -0.1) is 0 Å². The molecule has 2 aromatic rings. The maximum Gasteiger partial charge on any atom is 0.134 e. The van der Waals surface area contributed by atoms with Gasteiger partial charge in [0.25, 0.3) is 0 Å². The summed E-state index contributed by atoms with van der Waals surface area (Å²) in [6, 6.07) is 9.73. The number of carbonyl (C=O) groups is 1. The van der Waals surface area contributed by atoms with Crippen LogP contribution < -0.4 is 0 Å². The number of pyridine rings is 1. The molecule has 0 saturated carbocycles. The van der Waals surface area contributed by atoms with Crippen molar-refractivity contribution in [2.24, 2.45) is 0 Å². The summed E-state index contributed by atoms with van der Waals surface area (Å²) in [7, 11) is 0. The van der Waals surface area contributed by atoms with Crippen LogP contribution in [0.1, 0.15) is 18.2 Å². The first-order valence-corrected chi connectivity index (χ1v) is 4.86. The van der Waals surface area contributed by atoms with Crippen LogP contribution in [0.3, 0.4) is 0 Å². The molecule has 75 valence electrons. The topological polar surface area (TPSA) is 30.0 Å². The number of ketones is 1. The Morgan fingerprint density at radius 2 is 2.13 bits per heavy atom. The average molecular weight is 198 g/mol. The van der Waals surface area contributed by atoms with Crippen molar-refractivity contribution in [1.29, 1.82) is 0 Å². The Balaban J connectivity index is 2.47. The van der Waals surface area contributed by atoms with Gasteiger partial charge >= 0.3 is 0 Å². The summed E-state index contributed by atoms with van der Waals surface area (Å²) >= 11 is 0. The van der Waals surface area contributed by atoms with Crippen molar-refractivity contribution in [3.05, 3.63) is 48.5 Å². The number of nitrogens with zero attached hydrogens (tertiary/aromatic N) is 1. The Labute approximate surface area is 89.0 Å². The first-order chi connectivity index (χ1) is 7.15. The molecule has 2 rings (SSSR count). The van der Waals surface area contributed by atoms with E-state index in [1.807, 2.05) is 30.3 Å². The summed E-state index contributed by atoms with van der Waals surface area (Å²) in [6.45, 7) is 5.37. The van der Waals surface area contributed by atoms with Crippen LogP contribution >= 0.6 is 0 Å². The molecule has 15 heavy (non-hydrogen) atoms. The Kier molecular flexibility index (Phi) is 2.50. The molecule has 0 N–H and O–H groups in total. The van der Waals surface area contributed by atoms with Crippen LogP contribution in [0.2, 0.25) is 0 Å². The smallest absolute Gasteiger partial charge is 0.134 e. The third-order valence-corrected chi connectivity index (χ3v) is 2.26. The highest BCUT2D eigenvalue weighted by atomic mass is 16.1. The van der Waals surface area contributed by atoms with Gasteiger partial charge in [-0.3, -0.25) is 9.78 Å². The second-order valence-electron chi connectivity index (χ2n) is 3.71. The number of hydrogen-bond donors (Lipinski definition) is 0. The fourth-order valence-electron chi connectivity index (χ4n) is 1.61. The van der Waals surface area contributed by atoms with Crippen molar-refractivity contribution in [1.82, 2.24) is 4.98 Å². The lowest BCUT2D eigenvalue weighted by Gasteiger charge is -2.02. The summed E-state index contributed by atoms with van der Waals surface area (Å²) in [4.78, 5) is 15.3. The monoisotopic (exact) mass is 198 g/mol. The van der Waals surface area contributed by atoms with Crippen LogP contribution in [-0.4, -0.2) is 10.8 Å². The summed E-state index contributed by atoms with van der Waals surface area (Å²) < 4.78 is 0. The van der Waals surface area contributed by atoms with Crippen LogP contribution in [0.4, 0.5) is 0 Å². The zero-order chi connectivity index (χ0) is 10.8. The van der Waals surface area contributed by atoms with E-state index in [-0.39, 0.29) is 5.78 Å². The summed E-state index contributed by atoms with van der Waals surface area (Å²) in [5.74, 6) is 0.177. The maximum absolute atomic E-state index is 11.0. The normalized spacial score (nSPS) is 10.5. The molecule has 0 unspecified atom stereocenters. The van der Waals surface area contributed by atoms with Crippen LogP contribution in [0.15, 0.2) is 30.3 Å². The quantitative estimate of drug-likeness (QED) is 0.742. The zero-order valence-electron chi connectivity index (χ0n) is 8.66. The van der Waals surface area contributed by atoms with Crippen LogP contribution in [0.25, 0.3) is 10.9 Å². The number of fused-ring (bicyclic) bond motifs is 1. The molecule has 0 fully saturated rings. The van der Waals surface area contributed by atoms with Gasteiger partial charge in [0.15, 0.2) is 0 Å². The molecule has 1 radical (unpaired) electrons. The lowest BCUT2D eigenvalue weighted by Crippen LogP contribution is -1.96. The van der Waals surface area contributed by atoms with Crippen molar-refractivity contribution in [3.8, 4) is 0 Å². The van der Waals surface area contributed by atoms with Crippen molar-refractivity contribution >= 4 is 16.7 Å². The first kappa shape index (κ1) is 9.84. The summed E-state index contributed by atoms with van der Waals surface area (Å²) in [5, 5.41) is 1.06. The Morgan fingerprint density at radius 3 is 2.87 bits per heavy atom. The molecule has 0 aliphatic rings. The van der Waals surface area contributed by atoms with Crippen molar-refractivity contribution < 1.29 is 4.79 Å². The van der Waals surface area contributed by atoms with Gasteiger partial charge in [-0.25, -0.2) is 0 Å². The largest absolute Gasteiger partial charge is 0.300 e. The Bertz CT molecular complexity index is 517. The molecule has 2 nitrogen and oxygen atoms in total. The van der Waals surface area contributed by atoms with Gasteiger partial charge in [0.05, 0.1) is 5.52 Å². The molecule has 1 aromatic carbocycles. The molecule has 1 aromatic heterocycles. The van der Waals surface area contributed by atoms with E-state index in [4.69, 9.17) is 0 Å². The summed E-state index contributed by atoms with van der Waals surface area (Å²) in [6.07, 6.45) is 0.488. The van der Waals surface area contributed by atoms with Crippen LogP contribution in [0, 0.1) is 6.92 Å². The predicted octanol–water partition coefficient (Wildman–Crippen LogP) is 2.55. The number of Topliss-reactive ketones (excluding diaryl/α,β-unsaturated/α-hetero) is 1. The molecule has 0 saturated heterocycles. The zero-order valence-corrected chi connectivity index (χ0v) is 8.66. The number of benzene rings is 1. The third-order valence-electron chi connectivity index (χ3n) is 2.26. The molecule has 2 heteroatoms. The SMILES string of the molecule is [CH2]c1ccc2cc(CC(C)=O)ccc2n1. The standard InChI is InChI=1S/C13H12NO/c1-9-3-5-12-8-11(7-10(2)15)4-6-13(12)14-9/h3-6,8H,1,7H2,2H3. The Hall–Kier alpha value is -1.70. The van der Waals surface area contributed by atoms with Gasteiger partial charge in [-0.2, -0.15) is 0 Å². The number of aromatic nitrogens is 1. The lowest BCUT2D eigenvalue weighted by molar-refractivity contribution is -0.116. The van der Waals surface area contributed by atoms with E-state index < -0.39 is 0 Å². The van der Waals surface area contributed by atoms with Gasteiger partial charge in [0.2, 0.25) is 0 Å². The predicted molar refractivity (Wildman–Crippen MR) is 60.6 cm³/mol. The molecule has 0 atom stereocenters. The van der Waals surface area contributed by atoms with E-state index >= 15 is 0 Å². The fraction of sp³-hybridized carbons (Fsp3) is 0.154. The van der Waals surface area contributed by atoms with E-state index in [2.05, 4.69) is 11.9 Å². The minimum Gasteiger partial charge on any atom is -0.300 e. The van der Waals surface area contributed by atoms with Crippen molar-refractivity contribution in [3.63, 3.8) is 0 Å². The average Bonchev–Trinajstić information content (AvgIpc) is 2.17. The Morgan fingerprint density at radius 1 is 1.33 bits per heavy atom. The molecule has 0 aliphatic heterocycles. The minimum absolute atomic E-state index is 0.177. The first-order valence-electron chi connectivity index (χ1n) is 4.86. The molecule has 0 aliphatic carbocycles. The fourth-order valence-corrected chi connectivity index (χ4v) is 1.61. The summed E-state index contributed by atoms with van der Waals surface area (Å²) in [5.41, 5.74) is 2.73. The highest BCUT2D eigenvalue weighted by Gasteiger charge is 2.00. The highest BCUT2D eigenvalue weighted by molar-refractivity contribution is 5.83. The van der Waals surface area contributed by atoms with E-state index in [9.17, 15) is 4.79 Å². The van der Waals surface area contributed by atoms with Gasteiger partial charge in [-0.1, -0.05) is 12.1 Å². The molecule has 1 heterocycles. The molecular weight excluding hydrogens is 186 g/mol. The van der Waals surface area contributed by atoms with Gasteiger partial charge in [0.1, 0.15) is 5.78 Å². The maximum atomic E-state index is 11.0. The van der Waals surface area contributed by atoms with E-state index in [0.717, 1.165) is 22.2 Å². The molecule has 0 spiro atoms. The number of carbonyl (C=O) groups excluding carboxylic acids is 1. The molecular formula is C13H12NO. The van der Waals surface area contributed by atoms with Crippen molar-refractivity contribution in [2.75, 3.05) is 0 Å². The molecule has 0 amide bonds. The van der Waals surface area contributed by atoms with Crippen LogP contribution in [0.5, 0.6) is 0 Å². The highest BCUT2D eigenvalue weighted by Crippen LogP contribution is 2.15. The number of rotatable bonds is 2. The van der Waals surface area contributed by atoms with Crippen LogP contribution in [-0.2, 0) is 11.2 Å². The van der Waals surface area contributed by atoms with Gasteiger partial charge < -0.3 is 0 Å².